The lowest BCUT2D eigenvalue weighted by molar-refractivity contribution is -0.176. The molecule has 4 N–H and O–H groups in total. The quantitative estimate of drug-likeness (QED) is 0.441. The molecule has 0 radical (unpaired) electrons. The zero-order valence-corrected chi connectivity index (χ0v) is 21.7. The van der Waals surface area contributed by atoms with Crippen molar-refractivity contribution >= 4 is 23.6 Å². The maximum absolute atomic E-state index is 14.1. The van der Waals surface area contributed by atoms with E-state index in [9.17, 15) is 37.6 Å². The number of allylic oxidation sites excluding steroid dienone is 2. The van der Waals surface area contributed by atoms with Crippen LogP contribution in [-0.2, 0) is 19.2 Å². The predicted molar refractivity (Wildman–Crippen MR) is 128 cm³/mol. The number of nitrogens with zero attached hydrogens (tertiary/aromatic N) is 2. The molecule has 2 aliphatic heterocycles. The highest BCUT2D eigenvalue weighted by Crippen LogP contribution is 2.60. The second kappa shape index (κ2) is 9.58. The van der Waals surface area contributed by atoms with E-state index in [4.69, 9.17) is 5.73 Å². The van der Waals surface area contributed by atoms with E-state index in [1.54, 1.807) is 0 Å². The summed E-state index contributed by atoms with van der Waals surface area (Å²) in [6.45, 7) is 5.04. The number of hydrogen-bond acceptors (Lipinski definition) is 5. The summed E-state index contributed by atoms with van der Waals surface area (Å²) in [5, 5.41) is 15.0. The fourth-order valence-electron chi connectivity index (χ4n) is 7.22. The molecule has 2 saturated heterocycles. The lowest BCUT2D eigenvalue weighted by atomic mass is 9.65. The lowest BCUT2D eigenvalue weighted by Gasteiger charge is -2.47. The van der Waals surface area contributed by atoms with Gasteiger partial charge in [-0.2, -0.15) is 18.4 Å². The molecule has 208 valence electrons. The Morgan fingerprint density at radius 3 is 2.47 bits per heavy atom. The van der Waals surface area contributed by atoms with Gasteiger partial charge in [0.2, 0.25) is 17.7 Å². The molecule has 38 heavy (non-hydrogen) atoms. The monoisotopic (exact) mass is 537 g/mol. The molecule has 9 nitrogen and oxygen atoms in total. The molecule has 1 saturated carbocycles. The average molecular weight is 538 g/mol. The van der Waals surface area contributed by atoms with Gasteiger partial charge in [0.1, 0.15) is 11.6 Å². The minimum atomic E-state index is -5.22. The Bertz CT molecular complexity index is 1090. The molecule has 2 bridgehead atoms. The Labute approximate surface area is 219 Å². The van der Waals surface area contributed by atoms with Gasteiger partial charge in [0.05, 0.1) is 12.0 Å². The molecule has 4 amide bonds. The van der Waals surface area contributed by atoms with Gasteiger partial charge in [0.15, 0.2) is 0 Å². The second-order valence-electron chi connectivity index (χ2n) is 12.1. The highest BCUT2D eigenvalue weighted by molar-refractivity contribution is 5.96. The molecular weight excluding hydrogens is 503 g/mol. The van der Waals surface area contributed by atoms with Gasteiger partial charge in [0.25, 0.3) is 0 Å². The minimum absolute atomic E-state index is 0.0153. The van der Waals surface area contributed by atoms with E-state index < -0.39 is 58.6 Å². The number of hydrogen-bond donors (Lipinski definition) is 3. The maximum Gasteiger partial charge on any atom is 0.471 e. The second-order valence-corrected chi connectivity index (χ2v) is 12.1. The lowest BCUT2D eigenvalue weighted by Crippen LogP contribution is -2.68. The van der Waals surface area contributed by atoms with Gasteiger partial charge in [-0.3, -0.25) is 19.2 Å². The van der Waals surface area contributed by atoms with Crippen LogP contribution in [0.3, 0.4) is 0 Å². The van der Waals surface area contributed by atoms with Crippen LogP contribution in [0, 0.1) is 52.3 Å². The van der Waals surface area contributed by atoms with E-state index in [0.29, 0.717) is 19.4 Å². The van der Waals surface area contributed by atoms with Crippen LogP contribution in [0.15, 0.2) is 12.2 Å². The van der Waals surface area contributed by atoms with Crippen molar-refractivity contribution in [3.05, 3.63) is 12.2 Å². The van der Waals surface area contributed by atoms with Crippen LogP contribution in [0.25, 0.3) is 0 Å². The highest BCUT2D eigenvalue weighted by Gasteiger charge is 2.70. The third-order valence-corrected chi connectivity index (χ3v) is 8.88. The number of nitrogens with one attached hydrogen (secondary N) is 2. The molecule has 4 aliphatic rings. The number of likely N-dealkylation sites (tertiary alicyclic amines) is 1. The van der Waals surface area contributed by atoms with Crippen LogP contribution < -0.4 is 16.4 Å². The van der Waals surface area contributed by atoms with E-state index in [1.807, 2.05) is 17.5 Å². The third-order valence-electron chi connectivity index (χ3n) is 8.88. The van der Waals surface area contributed by atoms with Crippen molar-refractivity contribution in [2.75, 3.05) is 13.1 Å². The van der Waals surface area contributed by atoms with E-state index in [-0.39, 0.29) is 36.6 Å². The number of amides is 4. The molecule has 3 fully saturated rings. The molecule has 2 aliphatic carbocycles. The Kier molecular flexibility index (Phi) is 7.04. The van der Waals surface area contributed by atoms with Crippen LogP contribution in [0.5, 0.6) is 0 Å². The number of halogens is 3. The van der Waals surface area contributed by atoms with Crippen LogP contribution >= 0.6 is 0 Å². The fourth-order valence-corrected chi connectivity index (χ4v) is 7.22. The number of carbonyl (C=O) groups excluding carboxylic acids is 4. The molecule has 0 spiro atoms. The summed E-state index contributed by atoms with van der Waals surface area (Å²) in [5.74, 6) is -6.94. The standard InChI is InChI=1S/C26H34F3N5O4/c1-24(2,3)19(33-23(38)26(27,28)29)21(36)34-12-17-13-6-7-14(9-13)18(17)25(34,22(31)37)16(11-30)10-15-5-4-8-32-20(15)35/h6-7,13-19H,4-5,8-10,12H2,1-3H3,(H2,31,37)(H,32,35)(H,33,38)/t13?,14?,15-,16+,17?,18?,19+,25?/m0/s1. The topological polar surface area (TPSA) is 145 Å². The van der Waals surface area contributed by atoms with E-state index in [2.05, 4.69) is 11.4 Å². The molecular formula is C26H34F3N5O4. The number of carbonyl (C=O) groups is 4. The van der Waals surface area contributed by atoms with Gasteiger partial charge in [-0.1, -0.05) is 32.9 Å². The smallest absolute Gasteiger partial charge is 0.368 e. The van der Waals surface area contributed by atoms with Crippen molar-refractivity contribution in [1.29, 1.82) is 5.26 Å². The summed E-state index contributed by atoms with van der Waals surface area (Å²) in [6, 6.07) is 0.526. The van der Waals surface area contributed by atoms with Crippen molar-refractivity contribution in [3.8, 4) is 6.07 Å². The Balaban J connectivity index is 1.80. The molecule has 12 heteroatoms. The zero-order valence-electron chi connectivity index (χ0n) is 21.7. The van der Waals surface area contributed by atoms with Crippen molar-refractivity contribution in [2.45, 2.75) is 64.2 Å². The highest BCUT2D eigenvalue weighted by atomic mass is 19.4. The van der Waals surface area contributed by atoms with E-state index in [0.717, 1.165) is 6.42 Å². The molecule has 5 unspecified atom stereocenters. The van der Waals surface area contributed by atoms with Crippen LogP contribution in [0.2, 0.25) is 0 Å². The Morgan fingerprint density at radius 2 is 1.92 bits per heavy atom. The summed E-state index contributed by atoms with van der Waals surface area (Å²) in [6.07, 6.45) is 0.629. The number of rotatable bonds is 6. The van der Waals surface area contributed by atoms with Crippen molar-refractivity contribution in [3.63, 3.8) is 0 Å². The van der Waals surface area contributed by atoms with Gasteiger partial charge in [-0.05, 0) is 48.9 Å². The molecule has 8 atom stereocenters. The minimum Gasteiger partial charge on any atom is -0.368 e. The first kappa shape index (κ1) is 27.9. The summed E-state index contributed by atoms with van der Waals surface area (Å²) >= 11 is 0. The van der Waals surface area contributed by atoms with Gasteiger partial charge >= 0.3 is 12.1 Å². The van der Waals surface area contributed by atoms with Crippen molar-refractivity contribution in [2.24, 2.45) is 46.7 Å². The van der Waals surface area contributed by atoms with Crippen molar-refractivity contribution in [1.82, 2.24) is 15.5 Å². The summed E-state index contributed by atoms with van der Waals surface area (Å²) in [4.78, 5) is 53.3. The first-order chi connectivity index (χ1) is 17.6. The van der Waals surface area contributed by atoms with Crippen LogP contribution in [0.1, 0.15) is 46.5 Å². The van der Waals surface area contributed by atoms with Crippen molar-refractivity contribution < 1.29 is 32.3 Å². The first-order valence-electron chi connectivity index (χ1n) is 13.0. The normalized spacial score (nSPS) is 33.8. The number of nitriles is 1. The fraction of sp³-hybridized carbons (Fsp3) is 0.731. The summed E-state index contributed by atoms with van der Waals surface area (Å²) in [5.41, 5.74) is 3.06. The number of piperidine rings is 1. The molecule has 2 heterocycles. The van der Waals surface area contributed by atoms with Crippen LogP contribution in [0.4, 0.5) is 13.2 Å². The molecule has 0 aromatic heterocycles. The largest absolute Gasteiger partial charge is 0.471 e. The van der Waals surface area contributed by atoms with E-state index in [1.165, 1.54) is 25.7 Å². The maximum atomic E-state index is 14.1. The number of nitrogens with two attached hydrogens (primary N) is 1. The summed E-state index contributed by atoms with van der Waals surface area (Å²) < 4.78 is 39.6. The molecule has 4 rings (SSSR count). The predicted octanol–water partition coefficient (Wildman–Crippen LogP) is 1.64. The Hall–Kier alpha value is -3.10. The number of alkyl halides is 3. The van der Waals surface area contributed by atoms with Gasteiger partial charge < -0.3 is 21.3 Å². The average Bonchev–Trinajstić information content (AvgIpc) is 3.52. The van der Waals surface area contributed by atoms with Gasteiger partial charge in [-0.15, -0.1) is 0 Å². The van der Waals surface area contributed by atoms with Crippen LogP contribution in [-0.4, -0.2) is 59.4 Å². The SMILES string of the molecule is CC(C)(C)[C@H](NC(=O)C(F)(F)F)C(=O)N1CC2C3C=CC(C3)C2C1(C(N)=O)[C@@H](C#N)C[C@@H]1CCCNC1=O. The number of fused-ring (bicyclic) bond motifs is 5. The third kappa shape index (κ3) is 4.43. The molecule has 0 aromatic rings. The van der Waals surface area contributed by atoms with E-state index >= 15 is 0 Å². The van der Waals surface area contributed by atoms with Gasteiger partial charge in [-0.25, -0.2) is 0 Å². The summed E-state index contributed by atoms with van der Waals surface area (Å²) in [7, 11) is 0. The zero-order chi connectivity index (χ0) is 28.2. The first-order valence-corrected chi connectivity index (χ1v) is 13.0. The van der Waals surface area contributed by atoms with Gasteiger partial charge in [0, 0.05) is 24.9 Å². The molecule has 0 aromatic carbocycles. The number of primary amides is 1. The Morgan fingerprint density at radius 1 is 1.26 bits per heavy atom.